The smallest absolute Gasteiger partial charge is 0.201 e. The lowest BCUT2D eigenvalue weighted by Gasteiger charge is -2.07. The fourth-order valence-corrected chi connectivity index (χ4v) is 2.78. The molecule has 0 saturated heterocycles. The predicted molar refractivity (Wildman–Crippen MR) is 78.7 cm³/mol. The average molecular weight is 285 g/mol. The molecule has 0 fully saturated rings. The standard InChI is InChI=1S/C14H15N5S/c1-2-15-10-11-6-5-8-16-13(11)20-14-18-17-12-7-3-4-9-19(12)14/h3-9,15H,2,10H2,1H3. The van der Waals surface area contributed by atoms with Crippen LogP contribution in [0.2, 0.25) is 0 Å². The van der Waals surface area contributed by atoms with Crippen LogP contribution < -0.4 is 5.32 Å². The molecule has 3 aromatic heterocycles. The molecule has 20 heavy (non-hydrogen) atoms. The Morgan fingerprint density at radius 1 is 1.20 bits per heavy atom. The predicted octanol–water partition coefficient (Wildman–Crippen LogP) is 2.39. The van der Waals surface area contributed by atoms with E-state index in [1.807, 2.05) is 34.9 Å². The number of hydrogen-bond acceptors (Lipinski definition) is 5. The van der Waals surface area contributed by atoms with E-state index in [4.69, 9.17) is 0 Å². The van der Waals surface area contributed by atoms with Gasteiger partial charge in [-0.25, -0.2) is 4.98 Å². The molecule has 6 heteroatoms. The number of nitrogens with one attached hydrogen (secondary N) is 1. The van der Waals surface area contributed by atoms with Crippen molar-refractivity contribution < 1.29 is 0 Å². The summed E-state index contributed by atoms with van der Waals surface area (Å²) in [6.07, 6.45) is 3.77. The van der Waals surface area contributed by atoms with E-state index >= 15 is 0 Å². The Bertz CT molecular complexity index is 709. The molecule has 102 valence electrons. The summed E-state index contributed by atoms with van der Waals surface area (Å²) in [7, 11) is 0. The van der Waals surface area contributed by atoms with E-state index in [1.165, 1.54) is 17.3 Å². The van der Waals surface area contributed by atoms with Gasteiger partial charge in [-0.2, -0.15) is 0 Å². The average Bonchev–Trinajstić information content (AvgIpc) is 2.90. The molecule has 1 N–H and O–H groups in total. The van der Waals surface area contributed by atoms with Crippen molar-refractivity contribution in [2.24, 2.45) is 0 Å². The van der Waals surface area contributed by atoms with Crippen LogP contribution in [0.15, 0.2) is 52.9 Å². The quantitative estimate of drug-likeness (QED) is 0.780. The molecule has 0 amide bonds. The van der Waals surface area contributed by atoms with Crippen LogP contribution in [0.1, 0.15) is 12.5 Å². The summed E-state index contributed by atoms with van der Waals surface area (Å²) in [6.45, 7) is 3.84. The van der Waals surface area contributed by atoms with Gasteiger partial charge in [-0.1, -0.05) is 19.1 Å². The largest absolute Gasteiger partial charge is 0.313 e. The second kappa shape index (κ2) is 6.02. The first-order valence-electron chi connectivity index (χ1n) is 6.50. The highest BCUT2D eigenvalue weighted by Crippen LogP contribution is 2.27. The van der Waals surface area contributed by atoms with Gasteiger partial charge in [0, 0.05) is 18.9 Å². The topological polar surface area (TPSA) is 55.1 Å². The van der Waals surface area contributed by atoms with E-state index in [0.29, 0.717) is 0 Å². The van der Waals surface area contributed by atoms with Crippen molar-refractivity contribution in [2.75, 3.05) is 6.54 Å². The molecule has 5 nitrogen and oxygen atoms in total. The van der Waals surface area contributed by atoms with Crippen LogP contribution in [0.3, 0.4) is 0 Å². The summed E-state index contributed by atoms with van der Waals surface area (Å²) < 4.78 is 1.97. The first-order valence-corrected chi connectivity index (χ1v) is 7.32. The number of rotatable bonds is 5. The molecule has 0 saturated carbocycles. The van der Waals surface area contributed by atoms with Crippen molar-refractivity contribution in [3.63, 3.8) is 0 Å². The van der Waals surface area contributed by atoms with Gasteiger partial charge in [0.1, 0.15) is 5.03 Å². The van der Waals surface area contributed by atoms with Crippen LogP contribution in [0.25, 0.3) is 5.65 Å². The maximum Gasteiger partial charge on any atom is 0.201 e. The third-order valence-corrected chi connectivity index (χ3v) is 3.91. The van der Waals surface area contributed by atoms with Crippen LogP contribution in [0, 0.1) is 0 Å². The molecule has 0 radical (unpaired) electrons. The van der Waals surface area contributed by atoms with Gasteiger partial charge in [-0.05, 0) is 42.1 Å². The zero-order chi connectivity index (χ0) is 13.8. The molecule has 3 aromatic rings. The summed E-state index contributed by atoms with van der Waals surface area (Å²) in [4.78, 5) is 4.46. The monoisotopic (exact) mass is 285 g/mol. The maximum atomic E-state index is 4.46. The van der Waals surface area contributed by atoms with Crippen LogP contribution in [-0.4, -0.2) is 26.1 Å². The lowest BCUT2D eigenvalue weighted by Crippen LogP contribution is -2.12. The SMILES string of the molecule is CCNCc1cccnc1Sc1nnc2ccccn12. The maximum absolute atomic E-state index is 4.46. The summed E-state index contributed by atoms with van der Waals surface area (Å²) >= 11 is 1.54. The zero-order valence-corrected chi connectivity index (χ0v) is 12.0. The third-order valence-electron chi connectivity index (χ3n) is 2.89. The highest BCUT2D eigenvalue weighted by atomic mass is 32.2. The highest BCUT2D eigenvalue weighted by molar-refractivity contribution is 7.99. The molecule has 0 aliphatic carbocycles. The Labute approximate surface area is 121 Å². The van der Waals surface area contributed by atoms with E-state index in [2.05, 4.69) is 33.5 Å². The van der Waals surface area contributed by atoms with E-state index in [-0.39, 0.29) is 0 Å². The molecule has 0 unspecified atom stereocenters. The summed E-state index contributed by atoms with van der Waals surface area (Å²) in [5, 5.41) is 13.5. The Balaban J connectivity index is 1.91. The van der Waals surface area contributed by atoms with Crippen molar-refractivity contribution in [1.29, 1.82) is 0 Å². The van der Waals surface area contributed by atoms with E-state index < -0.39 is 0 Å². The van der Waals surface area contributed by atoms with Crippen molar-refractivity contribution in [2.45, 2.75) is 23.7 Å². The molecule has 0 atom stereocenters. The van der Waals surface area contributed by atoms with Crippen LogP contribution in [0.4, 0.5) is 0 Å². The Kier molecular flexibility index (Phi) is 3.94. The summed E-state index contributed by atoms with van der Waals surface area (Å²) in [5.41, 5.74) is 2.02. The van der Waals surface area contributed by atoms with E-state index in [9.17, 15) is 0 Å². The van der Waals surface area contributed by atoms with Gasteiger partial charge in [0.15, 0.2) is 5.65 Å². The van der Waals surface area contributed by atoms with E-state index in [0.717, 1.165) is 28.9 Å². The van der Waals surface area contributed by atoms with Crippen molar-refractivity contribution in [1.82, 2.24) is 24.9 Å². The molecule has 3 rings (SSSR count). The lowest BCUT2D eigenvalue weighted by molar-refractivity contribution is 0.710. The number of nitrogens with zero attached hydrogens (tertiary/aromatic N) is 4. The minimum Gasteiger partial charge on any atom is -0.313 e. The first-order chi connectivity index (χ1) is 9.88. The van der Waals surface area contributed by atoms with Gasteiger partial charge in [0.05, 0.1) is 0 Å². The molecule has 0 aliphatic rings. The highest BCUT2D eigenvalue weighted by Gasteiger charge is 2.10. The first kappa shape index (κ1) is 13.1. The minimum atomic E-state index is 0.809. The second-order valence-corrected chi connectivity index (χ2v) is 5.22. The van der Waals surface area contributed by atoms with Gasteiger partial charge in [0.2, 0.25) is 5.16 Å². The third kappa shape index (κ3) is 2.66. The minimum absolute atomic E-state index is 0.809. The van der Waals surface area contributed by atoms with Crippen LogP contribution in [0.5, 0.6) is 0 Å². The van der Waals surface area contributed by atoms with Crippen LogP contribution in [-0.2, 0) is 6.54 Å². The van der Waals surface area contributed by atoms with Crippen molar-refractivity contribution in [3.05, 3.63) is 48.3 Å². The lowest BCUT2D eigenvalue weighted by atomic mass is 10.3. The molecule has 0 bridgehead atoms. The molecule has 0 spiro atoms. The van der Waals surface area contributed by atoms with Crippen molar-refractivity contribution >= 4 is 17.4 Å². The molecule has 3 heterocycles. The van der Waals surface area contributed by atoms with Gasteiger partial charge >= 0.3 is 0 Å². The Morgan fingerprint density at radius 2 is 2.15 bits per heavy atom. The fraction of sp³-hybridized carbons (Fsp3) is 0.214. The number of aromatic nitrogens is 4. The normalized spacial score (nSPS) is 11.1. The second-order valence-electron chi connectivity index (χ2n) is 4.26. The molecular formula is C14H15N5S. The summed E-state index contributed by atoms with van der Waals surface area (Å²) in [6, 6.07) is 9.91. The Hall–Kier alpha value is -1.92. The molecular weight excluding hydrogens is 270 g/mol. The van der Waals surface area contributed by atoms with Gasteiger partial charge in [-0.15, -0.1) is 10.2 Å². The zero-order valence-electron chi connectivity index (χ0n) is 11.2. The van der Waals surface area contributed by atoms with Crippen LogP contribution >= 0.6 is 11.8 Å². The van der Waals surface area contributed by atoms with Gasteiger partial charge in [-0.3, -0.25) is 4.40 Å². The molecule has 0 aromatic carbocycles. The summed E-state index contributed by atoms with van der Waals surface area (Å²) in [5.74, 6) is 0. The van der Waals surface area contributed by atoms with Gasteiger partial charge < -0.3 is 5.32 Å². The molecule has 0 aliphatic heterocycles. The fourth-order valence-electron chi connectivity index (χ4n) is 1.89. The van der Waals surface area contributed by atoms with Crippen molar-refractivity contribution in [3.8, 4) is 0 Å². The van der Waals surface area contributed by atoms with E-state index in [1.54, 1.807) is 6.20 Å². The number of pyridine rings is 2. The number of hydrogen-bond donors (Lipinski definition) is 1. The van der Waals surface area contributed by atoms with Gasteiger partial charge in [0.25, 0.3) is 0 Å². The number of fused-ring (bicyclic) bond motifs is 1. The Morgan fingerprint density at radius 3 is 3.05 bits per heavy atom.